The maximum atomic E-state index is 12.2. The van der Waals surface area contributed by atoms with E-state index in [1.165, 1.54) is 33.3 Å². The number of sulfonamides is 1. The van der Waals surface area contributed by atoms with Crippen molar-refractivity contribution in [3.63, 3.8) is 0 Å². The van der Waals surface area contributed by atoms with Crippen LogP contribution in [-0.4, -0.2) is 53.5 Å². The average molecular weight is 333 g/mol. The van der Waals surface area contributed by atoms with Crippen molar-refractivity contribution in [1.29, 1.82) is 0 Å². The molecule has 0 N–H and O–H groups in total. The number of imidazole rings is 1. The molecule has 0 bridgehead atoms. The molecule has 8 nitrogen and oxygen atoms in total. The van der Waals surface area contributed by atoms with Gasteiger partial charge in [0.05, 0.1) is 23.9 Å². The maximum Gasteiger partial charge on any atom is 0.242 e. The number of hydrogen-bond acceptors (Lipinski definition) is 6. The number of aromatic nitrogens is 4. The van der Waals surface area contributed by atoms with Crippen LogP contribution in [0.3, 0.4) is 0 Å². The van der Waals surface area contributed by atoms with Crippen LogP contribution in [0.25, 0.3) is 16.9 Å². The zero-order valence-electron chi connectivity index (χ0n) is 12.8. The van der Waals surface area contributed by atoms with Crippen LogP contribution in [-0.2, 0) is 10.0 Å². The summed E-state index contributed by atoms with van der Waals surface area (Å²) in [5.41, 5.74) is 1.97. The second-order valence-electron chi connectivity index (χ2n) is 5.02. The summed E-state index contributed by atoms with van der Waals surface area (Å²) in [5.74, 6) is 0.428. The highest BCUT2D eigenvalue weighted by molar-refractivity contribution is 7.89. The quantitative estimate of drug-likeness (QED) is 0.709. The van der Waals surface area contributed by atoms with E-state index in [1.54, 1.807) is 29.2 Å². The highest BCUT2D eigenvalue weighted by atomic mass is 32.2. The van der Waals surface area contributed by atoms with Crippen LogP contribution in [0.1, 0.15) is 0 Å². The van der Waals surface area contributed by atoms with Gasteiger partial charge in [0.25, 0.3) is 0 Å². The van der Waals surface area contributed by atoms with Crippen molar-refractivity contribution >= 4 is 15.7 Å². The zero-order valence-corrected chi connectivity index (χ0v) is 13.6. The molecule has 0 saturated heterocycles. The van der Waals surface area contributed by atoms with Crippen molar-refractivity contribution in [3.05, 3.63) is 36.9 Å². The predicted molar refractivity (Wildman–Crippen MR) is 83.6 cm³/mol. The first-order valence-electron chi connectivity index (χ1n) is 6.70. The van der Waals surface area contributed by atoms with Crippen molar-refractivity contribution in [2.45, 2.75) is 4.90 Å². The van der Waals surface area contributed by atoms with Gasteiger partial charge in [-0.1, -0.05) is 0 Å². The summed E-state index contributed by atoms with van der Waals surface area (Å²) >= 11 is 0. The van der Waals surface area contributed by atoms with Gasteiger partial charge < -0.3 is 4.74 Å². The first-order chi connectivity index (χ1) is 10.9. The molecular weight excluding hydrogens is 318 g/mol. The lowest BCUT2D eigenvalue weighted by molar-refractivity contribution is 0.414. The maximum absolute atomic E-state index is 12.2. The molecule has 0 atom stereocenters. The van der Waals surface area contributed by atoms with Crippen LogP contribution >= 0.6 is 0 Å². The molecule has 0 unspecified atom stereocenters. The standard InChI is InChI=1S/C14H15N5O3S/c1-18(2)23(20,21)10-4-5-11(13(6-10)22-3)12-8-19-9-16-15-7-14(19)17-12/h4-9H,1-3H3. The lowest BCUT2D eigenvalue weighted by Gasteiger charge is -2.13. The highest BCUT2D eigenvalue weighted by Gasteiger charge is 2.20. The number of fused-ring (bicyclic) bond motifs is 1. The van der Waals surface area contributed by atoms with Crippen LogP contribution in [0, 0.1) is 0 Å². The number of methoxy groups -OCH3 is 1. The molecule has 3 rings (SSSR count). The monoisotopic (exact) mass is 333 g/mol. The summed E-state index contributed by atoms with van der Waals surface area (Å²) < 4.78 is 32.7. The van der Waals surface area contributed by atoms with Crippen LogP contribution < -0.4 is 4.74 Å². The van der Waals surface area contributed by atoms with Gasteiger partial charge in [-0.25, -0.2) is 17.7 Å². The number of ether oxygens (including phenoxy) is 1. The molecule has 0 aliphatic heterocycles. The topological polar surface area (TPSA) is 89.7 Å². The Kier molecular flexibility index (Phi) is 3.74. The van der Waals surface area contributed by atoms with Gasteiger partial charge in [-0.15, -0.1) is 5.10 Å². The van der Waals surface area contributed by atoms with E-state index in [1.807, 2.05) is 0 Å². The number of benzene rings is 1. The number of nitrogens with zero attached hydrogens (tertiary/aromatic N) is 5. The van der Waals surface area contributed by atoms with Gasteiger partial charge >= 0.3 is 0 Å². The second-order valence-corrected chi connectivity index (χ2v) is 7.17. The third kappa shape index (κ3) is 2.64. The molecule has 0 saturated carbocycles. The summed E-state index contributed by atoms with van der Waals surface area (Å²) in [5, 5.41) is 7.56. The van der Waals surface area contributed by atoms with Gasteiger partial charge in [-0.3, -0.25) is 4.40 Å². The Morgan fingerprint density at radius 3 is 2.65 bits per heavy atom. The van der Waals surface area contributed by atoms with E-state index in [0.717, 1.165) is 4.31 Å². The van der Waals surface area contributed by atoms with Crippen LogP contribution in [0.15, 0.2) is 41.8 Å². The molecule has 0 amide bonds. The largest absolute Gasteiger partial charge is 0.496 e. The van der Waals surface area contributed by atoms with Crippen LogP contribution in [0.2, 0.25) is 0 Å². The lowest BCUT2D eigenvalue weighted by Crippen LogP contribution is -2.22. The van der Waals surface area contributed by atoms with Gasteiger partial charge in [-0.05, 0) is 12.1 Å². The van der Waals surface area contributed by atoms with E-state index in [0.29, 0.717) is 22.7 Å². The molecule has 1 aromatic carbocycles. The minimum absolute atomic E-state index is 0.162. The fourth-order valence-electron chi connectivity index (χ4n) is 2.15. The molecule has 0 spiro atoms. The van der Waals surface area contributed by atoms with Gasteiger partial charge in [0.1, 0.15) is 12.1 Å². The van der Waals surface area contributed by atoms with E-state index < -0.39 is 10.0 Å². The van der Waals surface area contributed by atoms with Gasteiger partial charge in [0, 0.05) is 31.9 Å². The molecule has 3 aromatic rings. The molecule has 2 heterocycles. The minimum Gasteiger partial charge on any atom is -0.496 e. The molecule has 9 heteroatoms. The van der Waals surface area contributed by atoms with Gasteiger partial charge in [-0.2, -0.15) is 5.10 Å². The van der Waals surface area contributed by atoms with Crippen molar-refractivity contribution in [2.75, 3.05) is 21.2 Å². The summed E-state index contributed by atoms with van der Waals surface area (Å²) in [6.45, 7) is 0. The number of rotatable bonds is 4. The fourth-order valence-corrected chi connectivity index (χ4v) is 3.07. The second kappa shape index (κ2) is 5.60. The molecule has 0 fully saturated rings. The third-order valence-electron chi connectivity index (χ3n) is 3.40. The normalized spacial score (nSPS) is 12.0. The molecule has 0 aliphatic rings. The van der Waals surface area contributed by atoms with Gasteiger partial charge in [0.2, 0.25) is 10.0 Å². The van der Waals surface area contributed by atoms with Crippen molar-refractivity contribution in [3.8, 4) is 17.0 Å². The van der Waals surface area contributed by atoms with E-state index in [4.69, 9.17) is 4.74 Å². The zero-order chi connectivity index (χ0) is 16.6. The summed E-state index contributed by atoms with van der Waals surface area (Å²) in [4.78, 5) is 4.60. The van der Waals surface area contributed by atoms with E-state index in [9.17, 15) is 8.42 Å². The first kappa shape index (κ1) is 15.4. The molecule has 120 valence electrons. The SMILES string of the molecule is COc1cc(S(=O)(=O)N(C)C)ccc1-c1cn2cnncc2n1. The summed E-state index contributed by atoms with van der Waals surface area (Å²) in [6.07, 6.45) is 4.87. The predicted octanol–water partition coefficient (Wildman–Crippen LogP) is 1.05. The smallest absolute Gasteiger partial charge is 0.242 e. The third-order valence-corrected chi connectivity index (χ3v) is 5.22. The lowest BCUT2D eigenvalue weighted by atomic mass is 10.1. The Labute approximate surface area is 133 Å². The highest BCUT2D eigenvalue weighted by Crippen LogP contribution is 2.32. The number of hydrogen-bond donors (Lipinski definition) is 0. The van der Waals surface area contributed by atoms with Crippen molar-refractivity contribution < 1.29 is 13.2 Å². The summed E-state index contributed by atoms with van der Waals surface area (Å²) in [6, 6.07) is 4.71. The Morgan fingerprint density at radius 1 is 1.22 bits per heavy atom. The molecule has 0 aliphatic carbocycles. The first-order valence-corrected chi connectivity index (χ1v) is 8.14. The fraction of sp³-hybridized carbons (Fsp3) is 0.214. The van der Waals surface area contributed by atoms with E-state index >= 15 is 0 Å². The Balaban J connectivity index is 2.13. The van der Waals surface area contributed by atoms with Crippen molar-refractivity contribution in [2.24, 2.45) is 0 Å². The van der Waals surface area contributed by atoms with Crippen LogP contribution in [0.5, 0.6) is 5.75 Å². The summed E-state index contributed by atoms with van der Waals surface area (Å²) in [7, 11) is 0.932. The van der Waals surface area contributed by atoms with E-state index in [-0.39, 0.29) is 4.90 Å². The molecule has 23 heavy (non-hydrogen) atoms. The minimum atomic E-state index is -3.53. The van der Waals surface area contributed by atoms with Crippen LogP contribution in [0.4, 0.5) is 0 Å². The Bertz CT molecular complexity index is 932. The Hall–Kier alpha value is -2.52. The molecular formula is C14H15N5O3S. The Morgan fingerprint density at radius 2 is 2.00 bits per heavy atom. The average Bonchev–Trinajstić information content (AvgIpc) is 2.97. The molecule has 0 radical (unpaired) electrons. The van der Waals surface area contributed by atoms with Gasteiger partial charge in [0.15, 0.2) is 5.65 Å². The van der Waals surface area contributed by atoms with E-state index in [2.05, 4.69) is 15.2 Å². The van der Waals surface area contributed by atoms with Crippen molar-refractivity contribution in [1.82, 2.24) is 23.9 Å². The molecule has 2 aromatic heterocycles.